The van der Waals surface area contributed by atoms with Crippen molar-refractivity contribution in [3.8, 4) is 0 Å². The van der Waals surface area contributed by atoms with Gasteiger partial charge in [0.25, 0.3) is 0 Å². The van der Waals surface area contributed by atoms with Crippen LogP contribution in [-0.2, 0) is 21.2 Å². The van der Waals surface area contributed by atoms with Crippen molar-refractivity contribution in [3.63, 3.8) is 0 Å². The largest absolute Gasteiger partial charge is 0.353 e. The minimum absolute atomic E-state index is 0.0211. The molecule has 5 nitrogen and oxygen atoms in total. The van der Waals surface area contributed by atoms with Crippen LogP contribution in [0.25, 0.3) is 0 Å². The molecule has 0 radical (unpaired) electrons. The summed E-state index contributed by atoms with van der Waals surface area (Å²) in [4.78, 5) is 12.5. The van der Waals surface area contributed by atoms with Gasteiger partial charge in [0.05, 0.1) is 11.3 Å². The Hall–Kier alpha value is -1.40. The normalized spacial score (nSPS) is 17.4. The molecule has 0 saturated carbocycles. The van der Waals surface area contributed by atoms with Gasteiger partial charge in [-0.15, -0.1) is 0 Å². The summed E-state index contributed by atoms with van der Waals surface area (Å²) in [5.74, 6) is 0.373. The molecule has 25 heavy (non-hydrogen) atoms. The van der Waals surface area contributed by atoms with E-state index in [-0.39, 0.29) is 18.4 Å². The Balaban J connectivity index is 2.00. The van der Waals surface area contributed by atoms with Gasteiger partial charge in [-0.2, -0.15) is 4.31 Å². The second kappa shape index (κ2) is 8.81. The fraction of sp³-hybridized carbons (Fsp3) is 0.632. The van der Waals surface area contributed by atoms with Crippen LogP contribution in [0.2, 0.25) is 0 Å². The van der Waals surface area contributed by atoms with E-state index in [1.165, 1.54) is 0 Å². The van der Waals surface area contributed by atoms with Crippen molar-refractivity contribution in [2.45, 2.75) is 63.8 Å². The minimum Gasteiger partial charge on any atom is -0.353 e. The molecule has 0 aliphatic carbocycles. The number of amides is 1. The first-order chi connectivity index (χ1) is 11.8. The topological polar surface area (TPSA) is 66.5 Å². The molecular formula is C19H30N2O3S. The number of carbonyl (C=O) groups is 1. The molecule has 140 valence electrons. The molecule has 1 saturated heterocycles. The van der Waals surface area contributed by atoms with E-state index in [9.17, 15) is 13.2 Å². The number of piperidine rings is 1. The maximum Gasteiger partial charge on any atom is 0.243 e. The number of hydrogen-bond acceptors (Lipinski definition) is 3. The summed E-state index contributed by atoms with van der Waals surface area (Å²) >= 11 is 0. The highest BCUT2D eigenvalue weighted by Gasteiger charge is 2.25. The molecule has 1 atom stereocenters. The van der Waals surface area contributed by atoms with E-state index < -0.39 is 10.0 Å². The van der Waals surface area contributed by atoms with Gasteiger partial charge >= 0.3 is 0 Å². The fourth-order valence-electron chi connectivity index (χ4n) is 3.22. The molecule has 2 rings (SSSR count). The lowest BCUT2D eigenvalue weighted by Crippen LogP contribution is -2.38. The van der Waals surface area contributed by atoms with Crippen LogP contribution >= 0.6 is 0 Å². The molecule has 0 bridgehead atoms. The summed E-state index contributed by atoms with van der Waals surface area (Å²) in [6.45, 7) is 7.44. The maximum atomic E-state index is 12.6. The van der Waals surface area contributed by atoms with Gasteiger partial charge in [0.15, 0.2) is 0 Å². The molecule has 1 aliphatic rings. The molecule has 1 unspecified atom stereocenters. The van der Waals surface area contributed by atoms with Crippen molar-refractivity contribution in [2.75, 3.05) is 13.1 Å². The van der Waals surface area contributed by atoms with Crippen LogP contribution < -0.4 is 5.32 Å². The first-order valence-corrected chi connectivity index (χ1v) is 10.7. The third-order valence-electron chi connectivity index (χ3n) is 4.83. The van der Waals surface area contributed by atoms with Crippen molar-refractivity contribution in [3.05, 3.63) is 29.8 Å². The number of benzene rings is 1. The zero-order chi connectivity index (χ0) is 18.4. The third-order valence-corrected chi connectivity index (χ3v) is 6.74. The molecule has 1 aliphatic heterocycles. The Morgan fingerprint density at radius 1 is 1.12 bits per heavy atom. The summed E-state index contributed by atoms with van der Waals surface area (Å²) in [6.07, 6.45) is 4.11. The van der Waals surface area contributed by atoms with Gasteiger partial charge in [-0.1, -0.05) is 39.3 Å². The number of nitrogens with one attached hydrogen (secondary N) is 1. The molecule has 0 aromatic heterocycles. The Morgan fingerprint density at radius 3 is 2.24 bits per heavy atom. The Bertz CT molecular complexity index is 662. The lowest BCUT2D eigenvalue weighted by molar-refractivity contribution is -0.121. The van der Waals surface area contributed by atoms with Crippen LogP contribution in [0.15, 0.2) is 29.2 Å². The van der Waals surface area contributed by atoms with Gasteiger partial charge in [-0.25, -0.2) is 8.42 Å². The standard InChI is InChI=1S/C19H30N2O3S/c1-4-18(15(2)3)20-19(22)14-16-8-10-17(11-9-16)25(23,24)21-12-6-5-7-13-21/h8-11,15,18H,4-7,12-14H2,1-3H3,(H,20,22). The first kappa shape index (κ1) is 19.9. The zero-order valence-electron chi connectivity index (χ0n) is 15.5. The van der Waals surface area contributed by atoms with E-state index >= 15 is 0 Å². The SMILES string of the molecule is CCC(NC(=O)Cc1ccc(S(=O)(=O)N2CCCCC2)cc1)C(C)C. The lowest BCUT2D eigenvalue weighted by Gasteiger charge is -2.25. The Labute approximate surface area is 151 Å². The van der Waals surface area contributed by atoms with E-state index in [1.54, 1.807) is 28.6 Å². The predicted octanol–water partition coefficient (Wildman–Crippen LogP) is 2.95. The van der Waals surface area contributed by atoms with Gasteiger partial charge in [-0.3, -0.25) is 4.79 Å². The quantitative estimate of drug-likeness (QED) is 0.807. The maximum absolute atomic E-state index is 12.6. The predicted molar refractivity (Wildman–Crippen MR) is 99.8 cm³/mol. The summed E-state index contributed by atoms with van der Waals surface area (Å²) in [6, 6.07) is 6.89. The van der Waals surface area contributed by atoms with Crippen molar-refractivity contribution >= 4 is 15.9 Å². The van der Waals surface area contributed by atoms with E-state index in [1.807, 2.05) is 0 Å². The van der Waals surface area contributed by atoms with E-state index in [4.69, 9.17) is 0 Å². The third kappa shape index (κ3) is 5.28. The van der Waals surface area contributed by atoms with Gasteiger partial charge in [0.1, 0.15) is 0 Å². The second-order valence-corrected chi connectivity index (χ2v) is 9.05. The summed E-state index contributed by atoms with van der Waals surface area (Å²) < 4.78 is 26.8. The minimum atomic E-state index is -3.41. The molecule has 1 amide bonds. The summed E-state index contributed by atoms with van der Waals surface area (Å²) in [5.41, 5.74) is 0.828. The molecule has 0 spiro atoms. The summed E-state index contributed by atoms with van der Waals surface area (Å²) in [7, 11) is -3.41. The van der Waals surface area contributed by atoms with Crippen LogP contribution in [0, 0.1) is 5.92 Å². The highest BCUT2D eigenvalue weighted by atomic mass is 32.2. The molecule has 6 heteroatoms. The number of sulfonamides is 1. The van der Waals surface area contributed by atoms with Crippen molar-refractivity contribution < 1.29 is 13.2 Å². The van der Waals surface area contributed by atoms with Crippen molar-refractivity contribution in [1.82, 2.24) is 9.62 Å². The fourth-order valence-corrected chi connectivity index (χ4v) is 4.73. The molecular weight excluding hydrogens is 336 g/mol. The van der Waals surface area contributed by atoms with Crippen LogP contribution in [-0.4, -0.2) is 37.8 Å². The van der Waals surface area contributed by atoms with Gasteiger partial charge < -0.3 is 5.32 Å². The summed E-state index contributed by atoms with van der Waals surface area (Å²) in [5, 5.41) is 3.05. The number of rotatable bonds is 7. The van der Waals surface area contributed by atoms with Crippen LogP contribution in [0.3, 0.4) is 0 Å². The smallest absolute Gasteiger partial charge is 0.243 e. The van der Waals surface area contributed by atoms with Crippen molar-refractivity contribution in [2.24, 2.45) is 5.92 Å². The Morgan fingerprint density at radius 2 is 1.72 bits per heavy atom. The average Bonchev–Trinajstić information content (AvgIpc) is 2.60. The number of carbonyl (C=O) groups excluding carboxylic acids is 1. The van der Waals surface area contributed by atoms with Gasteiger partial charge in [0, 0.05) is 19.1 Å². The molecule has 1 heterocycles. The van der Waals surface area contributed by atoms with Crippen molar-refractivity contribution in [1.29, 1.82) is 0 Å². The van der Waals surface area contributed by atoms with Crippen LogP contribution in [0.4, 0.5) is 0 Å². The second-order valence-electron chi connectivity index (χ2n) is 7.11. The van der Waals surface area contributed by atoms with Crippen LogP contribution in [0.5, 0.6) is 0 Å². The highest BCUT2D eigenvalue weighted by molar-refractivity contribution is 7.89. The van der Waals surface area contributed by atoms with Gasteiger partial charge in [0.2, 0.25) is 15.9 Å². The highest BCUT2D eigenvalue weighted by Crippen LogP contribution is 2.21. The van der Waals surface area contributed by atoms with E-state index in [2.05, 4.69) is 26.1 Å². The van der Waals surface area contributed by atoms with Gasteiger partial charge in [-0.05, 0) is 42.9 Å². The van der Waals surface area contributed by atoms with E-state index in [0.29, 0.717) is 23.9 Å². The molecule has 1 aromatic carbocycles. The first-order valence-electron chi connectivity index (χ1n) is 9.23. The number of hydrogen-bond donors (Lipinski definition) is 1. The monoisotopic (exact) mass is 366 g/mol. The lowest BCUT2D eigenvalue weighted by atomic mass is 10.0. The number of nitrogens with zero attached hydrogens (tertiary/aromatic N) is 1. The molecule has 1 N–H and O–H groups in total. The Kier molecular flexibility index (Phi) is 7.02. The van der Waals surface area contributed by atoms with Crippen LogP contribution in [0.1, 0.15) is 52.0 Å². The van der Waals surface area contributed by atoms with E-state index in [0.717, 1.165) is 31.2 Å². The molecule has 1 fully saturated rings. The zero-order valence-corrected chi connectivity index (χ0v) is 16.3. The molecule has 1 aromatic rings. The average molecular weight is 367 g/mol.